The van der Waals surface area contributed by atoms with Gasteiger partial charge < -0.3 is 10.1 Å². The third-order valence-electron chi connectivity index (χ3n) is 3.72. The van der Waals surface area contributed by atoms with Crippen molar-refractivity contribution < 1.29 is 17.5 Å². The van der Waals surface area contributed by atoms with Gasteiger partial charge in [0.1, 0.15) is 11.6 Å². The largest absolute Gasteiger partial charge is 0.494 e. The predicted molar refractivity (Wildman–Crippen MR) is 105 cm³/mol. The van der Waals surface area contributed by atoms with Crippen LogP contribution in [-0.4, -0.2) is 15.0 Å². The number of hydrogen-bond acceptors (Lipinski definition) is 4. The van der Waals surface area contributed by atoms with Crippen molar-refractivity contribution in [3.8, 4) is 5.75 Å². The van der Waals surface area contributed by atoms with Crippen molar-refractivity contribution in [2.24, 2.45) is 0 Å². The molecule has 0 heterocycles. The Morgan fingerprint density at radius 3 is 1.89 bits per heavy atom. The van der Waals surface area contributed by atoms with E-state index in [9.17, 15) is 12.8 Å². The molecule has 3 rings (SSSR count). The highest BCUT2D eigenvalue weighted by atomic mass is 32.2. The number of hydrogen-bond donors (Lipinski definition) is 2. The second-order valence-corrected chi connectivity index (χ2v) is 7.40. The third-order valence-corrected chi connectivity index (χ3v) is 5.11. The highest BCUT2D eigenvalue weighted by Crippen LogP contribution is 2.22. The molecule has 2 N–H and O–H groups in total. The first-order valence-electron chi connectivity index (χ1n) is 8.34. The Kier molecular flexibility index (Phi) is 5.61. The summed E-state index contributed by atoms with van der Waals surface area (Å²) in [6.07, 6.45) is 0. The molecule has 0 radical (unpaired) electrons. The molecule has 0 atom stereocenters. The van der Waals surface area contributed by atoms with E-state index in [0.717, 1.165) is 11.4 Å². The summed E-state index contributed by atoms with van der Waals surface area (Å²) in [7, 11) is -3.69. The molecule has 0 aliphatic carbocycles. The Morgan fingerprint density at radius 1 is 0.815 bits per heavy atom. The zero-order chi connectivity index (χ0) is 19.3. The lowest BCUT2D eigenvalue weighted by Crippen LogP contribution is -2.12. The Morgan fingerprint density at radius 2 is 1.33 bits per heavy atom. The van der Waals surface area contributed by atoms with Crippen LogP contribution in [-0.2, 0) is 10.0 Å². The molecule has 0 fully saturated rings. The minimum Gasteiger partial charge on any atom is -0.494 e. The number of nitrogens with one attached hydrogen (secondary N) is 2. The van der Waals surface area contributed by atoms with Crippen molar-refractivity contribution in [1.29, 1.82) is 0 Å². The molecule has 27 heavy (non-hydrogen) atoms. The SMILES string of the molecule is CCOc1ccc(S(=O)(=O)Nc2ccc(Nc3ccc(F)cc3)cc2)cc1. The van der Waals surface area contributed by atoms with Gasteiger partial charge in [0.25, 0.3) is 10.0 Å². The summed E-state index contributed by atoms with van der Waals surface area (Å²) in [4.78, 5) is 0.152. The maximum Gasteiger partial charge on any atom is 0.261 e. The normalized spacial score (nSPS) is 11.0. The summed E-state index contributed by atoms with van der Waals surface area (Å²) in [6, 6.07) is 19.0. The minimum absolute atomic E-state index is 0.152. The van der Waals surface area contributed by atoms with Gasteiger partial charge >= 0.3 is 0 Å². The molecule has 0 aliphatic heterocycles. The van der Waals surface area contributed by atoms with Gasteiger partial charge in [0, 0.05) is 17.1 Å². The molecule has 0 aromatic heterocycles. The average molecular weight is 386 g/mol. The van der Waals surface area contributed by atoms with E-state index in [2.05, 4.69) is 10.0 Å². The zero-order valence-electron chi connectivity index (χ0n) is 14.6. The monoisotopic (exact) mass is 386 g/mol. The smallest absolute Gasteiger partial charge is 0.261 e. The van der Waals surface area contributed by atoms with Crippen LogP contribution in [0.3, 0.4) is 0 Å². The van der Waals surface area contributed by atoms with Crippen LogP contribution in [0, 0.1) is 5.82 Å². The molecular formula is C20H19FN2O3S. The number of halogens is 1. The van der Waals surface area contributed by atoms with Gasteiger partial charge in [0.15, 0.2) is 0 Å². The van der Waals surface area contributed by atoms with Crippen LogP contribution in [0.4, 0.5) is 21.5 Å². The number of benzene rings is 3. The molecule has 0 unspecified atom stereocenters. The Labute approximate surface area is 157 Å². The maximum absolute atomic E-state index is 12.9. The fourth-order valence-electron chi connectivity index (χ4n) is 2.42. The zero-order valence-corrected chi connectivity index (χ0v) is 15.5. The lowest BCUT2D eigenvalue weighted by molar-refractivity contribution is 0.340. The summed E-state index contributed by atoms with van der Waals surface area (Å²) in [6.45, 7) is 2.38. The molecule has 5 nitrogen and oxygen atoms in total. The highest BCUT2D eigenvalue weighted by Gasteiger charge is 2.14. The van der Waals surface area contributed by atoms with Crippen molar-refractivity contribution in [2.45, 2.75) is 11.8 Å². The number of sulfonamides is 1. The second-order valence-electron chi connectivity index (χ2n) is 5.72. The van der Waals surface area contributed by atoms with Gasteiger partial charge in [0.2, 0.25) is 0 Å². The standard InChI is InChI=1S/C20H19FN2O3S/c1-2-26-19-11-13-20(14-12-19)27(24,25)23-18-9-7-17(8-10-18)22-16-5-3-15(21)4-6-16/h3-14,22-23H,2H2,1H3. The van der Waals surface area contributed by atoms with Gasteiger partial charge in [-0.05, 0) is 79.7 Å². The van der Waals surface area contributed by atoms with Crippen LogP contribution in [0.1, 0.15) is 6.92 Å². The molecule has 0 saturated carbocycles. The molecular weight excluding hydrogens is 367 g/mol. The van der Waals surface area contributed by atoms with E-state index >= 15 is 0 Å². The maximum atomic E-state index is 12.9. The van der Waals surface area contributed by atoms with Crippen LogP contribution >= 0.6 is 0 Å². The van der Waals surface area contributed by atoms with Gasteiger partial charge in [-0.15, -0.1) is 0 Å². The molecule has 3 aromatic rings. The fourth-order valence-corrected chi connectivity index (χ4v) is 3.48. The van der Waals surface area contributed by atoms with Gasteiger partial charge in [-0.2, -0.15) is 0 Å². The highest BCUT2D eigenvalue weighted by molar-refractivity contribution is 7.92. The first kappa shape index (κ1) is 18.7. The van der Waals surface area contributed by atoms with Crippen LogP contribution in [0.25, 0.3) is 0 Å². The molecule has 3 aromatic carbocycles. The fraction of sp³-hybridized carbons (Fsp3) is 0.100. The number of anilines is 3. The molecule has 0 amide bonds. The Hall–Kier alpha value is -3.06. The van der Waals surface area contributed by atoms with Crippen LogP contribution in [0.5, 0.6) is 5.75 Å². The topological polar surface area (TPSA) is 67.4 Å². The number of ether oxygens (including phenoxy) is 1. The lowest BCUT2D eigenvalue weighted by atomic mass is 10.2. The Balaban J connectivity index is 1.68. The predicted octanol–water partition coefficient (Wildman–Crippen LogP) is 4.77. The van der Waals surface area contributed by atoms with Crippen LogP contribution in [0.15, 0.2) is 77.7 Å². The van der Waals surface area contributed by atoms with E-state index in [0.29, 0.717) is 18.0 Å². The van der Waals surface area contributed by atoms with Crippen molar-refractivity contribution >= 4 is 27.1 Å². The van der Waals surface area contributed by atoms with E-state index in [1.54, 1.807) is 48.5 Å². The quantitative estimate of drug-likeness (QED) is 0.614. The summed E-state index contributed by atoms with van der Waals surface area (Å²) in [5.74, 6) is 0.312. The molecule has 0 aliphatic rings. The average Bonchev–Trinajstić information content (AvgIpc) is 2.66. The van der Waals surface area contributed by atoms with Crippen molar-refractivity contribution in [3.05, 3.63) is 78.6 Å². The minimum atomic E-state index is -3.69. The molecule has 0 spiro atoms. The van der Waals surface area contributed by atoms with Crippen LogP contribution in [0.2, 0.25) is 0 Å². The molecule has 140 valence electrons. The summed E-state index contributed by atoms with van der Waals surface area (Å²) >= 11 is 0. The first-order chi connectivity index (χ1) is 13.0. The van der Waals surface area contributed by atoms with E-state index in [-0.39, 0.29) is 10.7 Å². The van der Waals surface area contributed by atoms with E-state index in [1.165, 1.54) is 24.3 Å². The third kappa shape index (κ3) is 4.98. The van der Waals surface area contributed by atoms with Crippen molar-refractivity contribution in [1.82, 2.24) is 0 Å². The van der Waals surface area contributed by atoms with Gasteiger partial charge in [-0.3, -0.25) is 4.72 Å². The van der Waals surface area contributed by atoms with E-state index in [4.69, 9.17) is 4.74 Å². The summed E-state index contributed by atoms with van der Waals surface area (Å²) < 4.78 is 45.7. The molecule has 0 saturated heterocycles. The van der Waals surface area contributed by atoms with Gasteiger partial charge in [-0.1, -0.05) is 0 Å². The van der Waals surface area contributed by atoms with Crippen molar-refractivity contribution in [3.63, 3.8) is 0 Å². The van der Waals surface area contributed by atoms with Gasteiger partial charge in [-0.25, -0.2) is 12.8 Å². The molecule has 7 heteroatoms. The van der Waals surface area contributed by atoms with Crippen LogP contribution < -0.4 is 14.8 Å². The molecule has 0 bridgehead atoms. The van der Waals surface area contributed by atoms with Crippen molar-refractivity contribution in [2.75, 3.05) is 16.6 Å². The van der Waals surface area contributed by atoms with Gasteiger partial charge in [0.05, 0.1) is 11.5 Å². The summed E-state index contributed by atoms with van der Waals surface area (Å²) in [5.41, 5.74) is 1.93. The van der Waals surface area contributed by atoms with E-state index < -0.39 is 10.0 Å². The number of rotatable bonds is 7. The lowest BCUT2D eigenvalue weighted by Gasteiger charge is -2.11. The summed E-state index contributed by atoms with van der Waals surface area (Å²) in [5, 5.41) is 3.11. The first-order valence-corrected chi connectivity index (χ1v) is 9.83. The Bertz CT molecular complexity index is 987. The second kappa shape index (κ2) is 8.09. The van der Waals surface area contributed by atoms with E-state index in [1.807, 2.05) is 6.92 Å².